The average molecular weight is 223 g/mol. The van der Waals surface area contributed by atoms with Crippen LogP contribution in [0.1, 0.15) is 44.9 Å². The molecule has 2 aliphatic heterocycles. The van der Waals surface area contributed by atoms with Gasteiger partial charge in [0.05, 0.1) is 18.2 Å². The molecule has 3 rings (SSSR count). The third-order valence-corrected chi connectivity index (χ3v) is 3.37. The number of aromatic nitrogens is 2. The molecular weight excluding hydrogens is 206 g/mol. The second kappa shape index (κ2) is 3.73. The van der Waals surface area contributed by atoms with Gasteiger partial charge in [0, 0.05) is 5.92 Å². The number of hydrogen-bond acceptors (Lipinski definition) is 5. The highest BCUT2D eigenvalue weighted by Crippen LogP contribution is 2.35. The monoisotopic (exact) mass is 223 g/mol. The van der Waals surface area contributed by atoms with E-state index in [1.165, 1.54) is 6.42 Å². The van der Waals surface area contributed by atoms with Crippen molar-refractivity contribution in [2.24, 2.45) is 0 Å². The van der Waals surface area contributed by atoms with Crippen LogP contribution >= 0.6 is 0 Å². The third-order valence-electron chi connectivity index (χ3n) is 3.37. The van der Waals surface area contributed by atoms with Crippen LogP contribution < -0.4 is 5.32 Å². The number of nitrogens with zero attached hydrogens (tertiary/aromatic N) is 2. The molecule has 0 aromatic carbocycles. The summed E-state index contributed by atoms with van der Waals surface area (Å²) in [7, 11) is 0. The van der Waals surface area contributed by atoms with E-state index >= 15 is 0 Å². The Hall–Kier alpha value is -1.10. The summed E-state index contributed by atoms with van der Waals surface area (Å²) in [6.45, 7) is 4.10. The maximum atomic E-state index is 5.76. The third kappa shape index (κ3) is 1.69. The smallest absolute Gasteiger partial charge is 0.321 e. The molecule has 88 valence electrons. The van der Waals surface area contributed by atoms with Crippen molar-refractivity contribution >= 4 is 6.01 Å². The van der Waals surface area contributed by atoms with Gasteiger partial charge in [0.25, 0.3) is 0 Å². The minimum absolute atomic E-state index is 0.301. The Kier molecular flexibility index (Phi) is 2.35. The SMILES string of the molecule is CC(C)c1noc(NC2CC3CCC2O3)n1. The lowest BCUT2D eigenvalue weighted by Crippen LogP contribution is -2.30. The summed E-state index contributed by atoms with van der Waals surface area (Å²) in [5, 5.41) is 7.21. The predicted octanol–water partition coefficient (Wildman–Crippen LogP) is 1.92. The van der Waals surface area contributed by atoms with E-state index in [1.54, 1.807) is 0 Å². The van der Waals surface area contributed by atoms with E-state index in [-0.39, 0.29) is 0 Å². The van der Waals surface area contributed by atoms with Crippen molar-refractivity contribution in [2.45, 2.75) is 57.3 Å². The predicted molar refractivity (Wildman–Crippen MR) is 58.3 cm³/mol. The summed E-state index contributed by atoms with van der Waals surface area (Å²) < 4.78 is 10.9. The molecule has 0 aliphatic carbocycles. The van der Waals surface area contributed by atoms with Gasteiger partial charge in [-0.3, -0.25) is 0 Å². The van der Waals surface area contributed by atoms with Gasteiger partial charge < -0.3 is 14.6 Å². The second-order valence-corrected chi connectivity index (χ2v) is 4.97. The molecule has 0 radical (unpaired) electrons. The van der Waals surface area contributed by atoms with Crippen molar-refractivity contribution < 1.29 is 9.26 Å². The van der Waals surface area contributed by atoms with E-state index in [4.69, 9.17) is 9.26 Å². The fourth-order valence-corrected chi connectivity index (χ4v) is 2.48. The summed E-state index contributed by atoms with van der Waals surface area (Å²) in [4.78, 5) is 4.31. The Labute approximate surface area is 94.6 Å². The first-order valence-corrected chi connectivity index (χ1v) is 5.98. The van der Waals surface area contributed by atoms with Crippen molar-refractivity contribution in [3.05, 3.63) is 5.82 Å². The molecular formula is C11H17N3O2. The normalized spacial score (nSPS) is 32.6. The first-order chi connectivity index (χ1) is 7.72. The van der Waals surface area contributed by atoms with Crippen molar-refractivity contribution in [1.82, 2.24) is 10.1 Å². The maximum absolute atomic E-state index is 5.76. The van der Waals surface area contributed by atoms with Crippen molar-refractivity contribution in [3.63, 3.8) is 0 Å². The summed E-state index contributed by atoms with van der Waals surface area (Å²) >= 11 is 0. The molecule has 1 aromatic rings. The number of hydrogen-bond donors (Lipinski definition) is 1. The zero-order chi connectivity index (χ0) is 11.1. The standard InChI is InChI=1S/C11H17N3O2/c1-6(2)10-13-11(16-14-10)12-8-5-7-3-4-9(8)15-7/h6-9H,3-5H2,1-2H3,(H,12,13,14). The Morgan fingerprint density at radius 3 is 2.81 bits per heavy atom. The molecule has 1 N–H and O–H groups in total. The van der Waals surface area contributed by atoms with Gasteiger partial charge in [-0.2, -0.15) is 4.98 Å². The minimum Gasteiger partial charge on any atom is -0.373 e. The molecule has 3 atom stereocenters. The molecule has 2 aliphatic rings. The first-order valence-electron chi connectivity index (χ1n) is 5.98. The summed E-state index contributed by atoms with van der Waals surface area (Å²) in [5.74, 6) is 1.06. The van der Waals surface area contributed by atoms with E-state index in [0.29, 0.717) is 30.2 Å². The Balaban J connectivity index is 1.65. The van der Waals surface area contributed by atoms with Gasteiger partial charge in [-0.05, 0) is 19.3 Å². The fourth-order valence-electron chi connectivity index (χ4n) is 2.48. The van der Waals surface area contributed by atoms with Crippen LogP contribution in [-0.4, -0.2) is 28.4 Å². The highest BCUT2D eigenvalue weighted by atomic mass is 16.5. The summed E-state index contributed by atoms with van der Waals surface area (Å²) in [5.41, 5.74) is 0. The van der Waals surface area contributed by atoms with E-state index in [1.807, 2.05) is 0 Å². The van der Waals surface area contributed by atoms with Crippen molar-refractivity contribution in [3.8, 4) is 0 Å². The molecule has 1 aromatic heterocycles. The van der Waals surface area contributed by atoms with Gasteiger partial charge in [-0.15, -0.1) is 0 Å². The zero-order valence-electron chi connectivity index (χ0n) is 9.64. The molecule has 2 saturated heterocycles. The lowest BCUT2D eigenvalue weighted by atomic mass is 9.96. The van der Waals surface area contributed by atoms with Crippen LogP contribution in [0.25, 0.3) is 0 Å². The minimum atomic E-state index is 0.301. The van der Waals surface area contributed by atoms with Gasteiger partial charge in [-0.25, -0.2) is 0 Å². The molecule has 3 heterocycles. The van der Waals surface area contributed by atoms with Crippen LogP contribution in [0.15, 0.2) is 4.52 Å². The molecule has 2 fully saturated rings. The van der Waals surface area contributed by atoms with Crippen LogP contribution in [0.2, 0.25) is 0 Å². The molecule has 0 amide bonds. The van der Waals surface area contributed by atoms with E-state index in [2.05, 4.69) is 29.3 Å². The summed E-state index contributed by atoms with van der Waals surface area (Å²) in [6.07, 6.45) is 4.18. The van der Waals surface area contributed by atoms with E-state index in [9.17, 15) is 0 Å². The van der Waals surface area contributed by atoms with Crippen molar-refractivity contribution in [1.29, 1.82) is 0 Å². The molecule has 5 heteroatoms. The number of nitrogens with one attached hydrogen (secondary N) is 1. The van der Waals surface area contributed by atoms with Gasteiger partial charge in [0.15, 0.2) is 5.82 Å². The number of rotatable bonds is 3. The largest absolute Gasteiger partial charge is 0.373 e. The topological polar surface area (TPSA) is 60.2 Å². The Bertz CT molecular complexity index is 377. The van der Waals surface area contributed by atoms with E-state index in [0.717, 1.165) is 18.7 Å². The molecule has 0 saturated carbocycles. The van der Waals surface area contributed by atoms with Crippen LogP contribution in [0.3, 0.4) is 0 Å². The first kappa shape index (κ1) is 10.1. The highest BCUT2D eigenvalue weighted by Gasteiger charge is 2.41. The van der Waals surface area contributed by atoms with E-state index < -0.39 is 0 Å². The maximum Gasteiger partial charge on any atom is 0.321 e. The molecule has 2 bridgehead atoms. The highest BCUT2D eigenvalue weighted by molar-refractivity contribution is 5.23. The van der Waals surface area contributed by atoms with Gasteiger partial charge in [-0.1, -0.05) is 19.0 Å². The molecule has 0 spiro atoms. The Morgan fingerprint density at radius 2 is 2.25 bits per heavy atom. The van der Waals surface area contributed by atoms with Crippen LogP contribution in [-0.2, 0) is 4.74 Å². The van der Waals surface area contributed by atoms with Gasteiger partial charge in [0.1, 0.15) is 0 Å². The van der Waals surface area contributed by atoms with Crippen molar-refractivity contribution in [2.75, 3.05) is 5.32 Å². The van der Waals surface area contributed by atoms with Gasteiger partial charge >= 0.3 is 6.01 Å². The molecule has 3 unspecified atom stereocenters. The van der Waals surface area contributed by atoms with Crippen LogP contribution in [0.5, 0.6) is 0 Å². The van der Waals surface area contributed by atoms with Crippen LogP contribution in [0, 0.1) is 0 Å². The quantitative estimate of drug-likeness (QED) is 0.848. The Morgan fingerprint density at radius 1 is 1.38 bits per heavy atom. The molecule has 16 heavy (non-hydrogen) atoms. The summed E-state index contributed by atoms with van der Waals surface area (Å²) in [6, 6.07) is 0.879. The van der Waals surface area contributed by atoms with Gasteiger partial charge in [0.2, 0.25) is 0 Å². The average Bonchev–Trinajstić information content (AvgIpc) is 2.91. The number of ether oxygens (including phenoxy) is 1. The lowest BCUT2D eigenvalue weighted by molar-refractivity contribution is 0.102. The molecule has 5 nitrogen and oxygen atoms in total. The second-order valence-electron chi connectivity index (χ2n) is 4.97. The van der Waals surface area contributed by atoms with Crippen LogP contribution in [0.4, 0.5) is 6.01 Å². The number of anilines is 1. The lowest BCUT2D eigenvalue weighted by Gasteiger charge is -2.18. The number of fused-ring (bicyclic) bond motifs is 2. The zero-order valence-corrected chi connectivity index (χ0v) is 9.64. The fraction of sp³-hybridized carbons (Fsp3) is 0.818.